The van der Waals surface area contributed by atoms with Gasteiger partial charge in [-0.2, -0.15) is 0 Å². The van der Waals surface area contributed by atoms with Gasteiger partial charge in [0.1, 0.15) is 0 Å². The topological polar surface area (TPSA) is 24.9 Å². The summed E-state index contributed by atoms with van der Waals surface area (Å²) in [5, 5.41) is 7.92. The number of hydrogen-bond acceptors (Lipinski definition) is 4. The van der Waals surface area contributed by atoms with Gasteiger partial charge in [-0.25, -0.2) is 4.98 Å². The average molecular weight is 300 g/mol. The molecule has 0 amide bonds. The number of thiophene rings is 1. The Morgan fingerprint density at radius 2 is 1.95 bits per heavy atom. The molecule has 3 rings (SSSR count). The molecule has 2 atom stereocenters. The Bertz CT molecular complexity index is 618. The highest BCUT2D eigenvalue weighted by Gasteiger charge is 2.18. The summed E-state index contributed by atoms with van der Waals surface area (Å²) in [6.07, 6.45) is 0. The molecule has 1 aromatic carbocycles. The van der Waals surface area contributed by atoms with E-state index in [1.54, 1.807) is 22.7 Å². The zero-order valence-corrected chi connectivity index (χ0v) is 12.8. The Balaban J connectivity index is 1.87. The molecule has 2 aromatic heterocycles. The van der Waals surface area contributed by atoms with E-state index in [9.17, 15) is 0 Å². The Morgan fingerprint density at radius 1 is 1.10 bits per heavy atom. The van der Waals surface area contributed by atoms with Crippen LogP contribution in [0, 0.1) is 0 Å². The number of aromatic nitrogens is 1. The minimum Gasteiger partial charge on any atom is -0.297 e. The van der Waals surface area contributed by atoms with Crippen molar-refractivity contribution in [2.75, 3.05) is 0 Å². The van der Waals surface area contributed by atoms with E-state index in [-0.39, 0.29) is 12.1 Å². The van der Waals surface area contributed by atoms with Crippen LogP contribution in [0.2, 0.25) is 0 Å². The summed E-state index contributed by atoms with van der Waals surface area (Å²) in [6.45, 7) is 2.17. The van der Waals surface area contributed by atoms with Gasteiger partial charge >= 0.3 is 0 Å². The van der Waals surface area contributed by atoms with Gasteiger partial charge in [-0.05, 0) is 23.9 Å². The van der Waals surface area contributed by atoms with E-state index in [0.29, 0.717) is 0 Å². The third kappa shape index (κ3) is 2.98. The maximum absolute atomic E-state index is 4.40. The fraction of sp³-hybridized carbons (Fsp3) is 0.188. The van der Waals surface area contributed by atoms with E-state index in [2.05, 4.69) is 70.4 Å². The Kier molecular flexibility index (Phi) is 4.25. The molecule has 0 aliphatic heterocycles. The van der Waals surface area contributed by atoms with Gasteiger partial charge in [0.15, 0.2) is 0 Å². The summed E-state index contributed by atoms with van der Waals surface area (Å²) in [5.41, 5.74) is 4.28. The smallest absolute Gasteiger partial charge is 0.0795 e. The molecule has 0 aliphatic carbocycles. The molecule has 0 radical (unpaired) electrons. The average Bonchev–Trinajstić information content (AvgIpc) is 3.18. The number of rotatable bonds is 5. The third-order valence-electron chi connectivity index (χ3n) is 3.27. The van der Waals surface area contributed by atoms with Gasteiger partial charge in [0.05, 0.1) is 17.2 Å². The van der Waals surface area contributed by atoms with Crippen LogP contribution < -0.4 is 5.32 Å². The second kappa shape index (κ2) is 6.31. The molecule has 0 bridgehead atoms. The Hall–Kier alpha value is -1.49. The maximum Gasteiger partial charge on any atom is 0.0795 e. The minimum atomic E-state index is 0.216. The summed E-state index contributed by atoms with van der Waals surface area (Å²) >= 11 is 3.42. The Labute approximate surface area is 127 Å². The minimum absolute atomic E-state index is 0.216. The zero-order valence-electron chi connectivity index (χ0n) is 11.2. The summed E-state index contributed by atoms with van der Waals surface area (Å²) < 4.78 is 0. The van der Waals surface area contributed by atoms with Crippen LogP contribution in [-0.2, 0) is 0 Å². The molecule has 102 valence electrons. The SMILES string of the molecule is CC(NC(c1ccccc1)c1cccs1)c1cscn1. The third-order valence-corrected chi connectivity index (χ3v) is 4.81. The first-order chi connectivity index (χ1) is 9.84. The normalized spacial score (nSPS) is 14.1. The summed E-state index contributed by atoms with van der Waals surface area (Å²) in [7, 11) is 0. The molecule has 0 saturated carbocycles. The van der Waals surface area contributed by atoms with E-state index in [4.69, 9.17) is 0 Å². The molecule has 0 saturated heterocycles. The van der Waals surface area contributed by atoms with Crippen molar-refractivity contribution in [2.45, 2.75) is 19.0 Å². The highest BCUT2D eigenvalue weighted by molar-refractivity contribution is 7.10. The van der Waals surface area contributed by atoms with Crippen molar-refractivity contribution in [3.05, 3.63) is 74.9 Å². The van der Waals surface area contributed by atoms with Crippen molar-refractivity contribution in [3.8, 4) is 0 Å². The number of benzene rings is 1. The zero-order chi connectivity index (χ0) is 13.8. The van der Waals surface area contributed by atoms with Crippen LogP contribution in [0.3, 0.4) is 0 Å². The first-order valence-electron chi connectivity index (χ1n) is 6.57. The second-order valence-corrected chi connectivity index (χ2v) is 6.36. The molecule has 1 N–H and O–H groups in total. The van der Waals surface area contributed by atoms with E-state index in [1.807, 2.05) is 5.51 Å². The lowest BCUT2D eigenvalue weighted by Crippen LogP contribution is -2.25. The number of thiazole rings is 1. The second-order valence-electron chi connectivity index (χ2n) is 4.66. The monoisotopic (exact) mass is 300 g/mol. The lowest BCUT2D eigenvalue weighted by atomic mass is 10.0. The highest BCUT2D eigenvalue weighted by Crippen LogP contribution is 2.28. The summed E-state index contributed by atoms with van der Waals surface area (Å²) in [6, 6.07) is 15.3. The molecule has 2 heterocycles. The predicted molar refractivity (Wildman–Crippen MR) is 86.3 cm³/mol. The van der Waals surface area contributed by atoms with Crippen molar-refractivity contribution >= 4 is 22.7 Å². The fourth-order valence-electron chi connectivity index (χ4n) is 2.21. The number of nitrogens with one attached hydrogen (secondary N) is 1. The molecular weight excluding hydrogens is 284 g/mol. The molecule has 0 aliphatic rings. The van der Waals surface area contributed by atoms with Crippen molar-refractivity contribution in [1.29, 1.82) is 0 Å². The quantitative estimate of drug-likeness (QED) is 0.742. The van der Waals surface area contributed by atoms with E-state index in [1.165, 1.54) is 10.4 Å². The van der Waals surface area contributed by atoms with E-state index in [0.717, 1.165) is 5.69 Å². The standard InChI is InChI=1S/C16H16N2S2/c1-12(14-10-19-11-17-14)18-16(15-8-5-9-20-15)13-6-3-2-4-7-13/h2-12,16,18H,1H3. The van der Waals surface area contributed by atoms with Crippen LogP contribution in [0.4, 0.5) is 0 Å². The maximum atomic E-state index is 4.40. The summed E-state index contributed by atoms with van der Waals surface area (Å²) in [4.78, 5) is 5.74. The largest absolute Gasteiger partial charge is 0.297 e. The van der Waals surface area contributed by atoms with Crippen molar-refractivity contribution < 1.29 is 0 Å². The van der Waals surface area contributed by atoms with Crippen LogP contribution in [-0.4, -0.2) is 4.98 Å². The van der Waals surface area contributed by atoms with Crippen LogP contribution >= 0.6 is 22.7 Å². The van der Waals surface area contributed by atoms with Gasteiger partial charge < -0.3 is 0 Å². The van der Waals surface area contributed by atoms with Gasteiger partial charge in [0.2, 0.25) is 0 Å². The predicted octanol–water partition coefficient (Wildman–Crippen LogP) is 4.64. The molecule has 2 unspecified atom stereocenters. The van der Waals surface area contributed by atoms with E-state index < -0.39 is 0 Å². The van der Waals surface area contributed by atoms with Crippen LogP contribution in [0.1, 0.15) is 35.1 Å². The van der Waals surface area contributed by atoms with Gasteiger partial charge in [-0.1, -0.05) is 36.4 Å². The molecule has 20 heavy (non-hydrogen) atoms. The van der Waals surface area contributed by atoms with Crippen LogP contribution in [0.25, 0.3) is 0 Å². The van der Waals surface area contributed by atoms with Gasteiger partial charge in [-0.3, -0.25) is 5.32 Å². The highest BCUT2D eigenvalue weighted by atomic mass is 32.1. The lowest BCUT2D eigenvalue weighted by Gasteiger charge is -2.22. The van der Waals surface area contributed by atoms with Crippen LogP contribution in [0.5, 0.6) is 0 Å². The molecule has 0 spiro atoms. The molecular formula is C16H16N2S2. The Morgan fingerprint density at radius 3 is 2.60 bits per heavy atom. The van der Waals surface area contributed by atoms with Gasteiger partial charge in [0.25, 0.3) is 0 Å². The molecule has 4 heteroatoms. The van der Waals surface area contributed by atoms with E-state index >= 15 is 0 Å². The van der Waals surface area contributed by atoms with Gasteiger partial charge in [0, 0.05) is 16.3 Å². The lowest BCUT2D eigenvalue weighted by molar-refractivity contribution is 0.513. The number of hydrogen-bond donors (Lipinski definition) is 1. The fourth-order valence-corrected chi connectivity index (χ4v) is 3.67. The molecule has 0 fully saturated rings. The summed E-state index contributed by atoms with van der Waals surface area (Å²) in [5.74, 6) is 0. The molecule has 3 aromatic rings. The van der Waals surface area contributed by atoms with Gasteiger partial charge in [-0.15, -0.1) is 22.7 Å². The molecule has 2 nitrogen and oxygen atoms in total. The van der Waals surface area contributed by atoms with Crippen molar-refractivity contribution in [1.82, 2.24) is 10.3 Å². The van der Waals surface area contributed by atoms with Crippen molar-refractivity contribution in [3.63, 3.8) is 0 Å². The van der Waals surface area contributed by atoms with Crippen LogP contribution in [0.15, 0.2) is 58.7 Å². The first kappa shape index (κ1) is 13.5. The number of nitrogens with zero attached hydrogens (tertiary/aromatic N) is 1. The first-order valence-corrected chi connectivity index (χ1v) is 8.39. The van der Waals surface area contributed by atoms with Crippen molar-refractivity contribution in [2.24, 2.45) is 0 Å².